The average Bonchev–Trinajstić information content (AvgIpc) is 3.00. The highest BCUT2D eigenvalue weighted by molar-refractivity contribution is 7.92. The number of hydrogen-bond acceptors (Lipinski definition) is 8. The molecule has 13 heteroatoms. The van der Waals surface area contributed by atoms with E-state index >= 15 is 0 Å². The fraction of sp³-hybridized carbons (Fsp3) is 0.258. The van der Waals surface area contributed by atoms with Crippen LogP contribution in [0.1, 0.15) is 19.3 Å². The summed E-state index contributed by atoms with van der Waals surface area (Å²) in [7, 11) is -2.28. The van der Waals surface area contributed by atoms with Crippen molar-refractivity contribution >= 4 is 33.7 Å². The highest BCUT2D eigenvalue weighted by atomic mass is 32.2. The first-order valence-corrected chi connectivity index (χ1v) is 15.3. The zero-order valence-electron chi connectivity index (χ0n) is 24.0. The predicted molar refractivity (Wildman–Crippen MR) is 163 cm³/mol. The maximum Gasteiger partial charge on any atom is 0.290 e. The van der Waals surface area contributed by atoms with Crippen molar-refractivity contribution in [3.63, 3.8) is 0 Å². The molecule has 1 aliphatic rings. The van der Waals surface area contributed by atoms with Crippen LogP contribution in [0.5, 0.6) is 5.75 Å². The van der Waals surface area contributed by atoms with E-state index in [1.165, 1.54) is 31.3 Å². The van der Waals surface area contributed by atoms with Gasteiger partial charge in [0, 0.05) is 23.0 Å². The summed E-state index contributed by atoms with van der Waals surface area (Å²) in [6.45, 7) is 2.76. The van der Waals surface area contributed by atoms with Crippen LogP contribution in [0.3, 0.4) is 0 Å². The molecule has 0 radical (unpaired) electrons. The molecule has 0 aliphatic carbocycles. The SMILES string of the molecule is CN1CCC(CCOc2ccc(-c3cc(Nc4ccc(NS(=O)(=O)c5c(F)cccc5F)cc4)ncn3)cc2)CC1.O=CO. The number of benzene rings is 3. The molecule has 1 aliphatic heterocycles. The van der Waals surface area contributed by atoms with Crippen molar-refractivity contribution in [2.24, 2.45) is 5.92 Å². The molecule has 44 heavy (non-hydrogen) atoms. The summed E-state index contributed by atoms with van der Waals surface area (Å²) in [5, 5.41) is 10.0. The van der Waals surface area contributed by atoms with Crippen molar-refractivity contribution in [1.29, 1.82) is 0 Å². The number of nitrogens with one attached hydrogen (secondary N) is 2. The van der Waals surface area contributed by atoms with Gasteiger partial charge in [-0.25, -0.2) is 27.2 Å². The zero-order valence-corrected chi connectivity index (χ0v) is 24.8. The Morgan fingerprint density at radius 3 is 2.23 bits per heavy atom. The van der Waals surface area contributed by atoms with Gasteiger partial charge in [-0.3, -0.25) is 9.52 Å². The second-order valence-corrected chi connectivity index (χ2v) is 11.8. The third-order valence-electron chi connectivity index (χ3n) is 7.05. The number of carboxylic acid groups (broad SMARTS) is 1. The summed E-state index contributed by atoms with van der Waals surface area (Å²) < 4.78 is 61.1. The highest BCUT2D eigenvalue weighted by Gasteiger charge is 2.24. The van der Waals surface area contributed by atoms with E-state index in [-0.39, 0.29) is 12.2 Å². The number of nitrogens with zero attached hydrogens (tertiary/aromatic N) is 3. The molecular weight excluding hydrogens is 592 g/mol. The van der Waals surface area contributed by atoms with Crippen LogP contribution < -0.4 is 14.8 Å². The van der Waals surface area contributed by atoms with E-state index in [0.29, 0.717) is 18.1 Å². The number of piperidine rings is 1. The maximum absolute atomic E-state index is 14.0. The van der Waals surface area contributed by atoms with Gasteiger partial charge in [0.15, 0.2) is 4.90 Å². The monoisotopic (exact) mass is 625 g/mol. The van der Waals surface area contributed by atoms with Crippen LogP contribution in [-0.4, -0.2) is 61.6 Å². The second-order valence-electron chi connectivity index (χ2n) is 10.2. The number of anilines is 3. The molecule has 1 aromatic heterocycles. The number of likely N-dealkylation sites (tertiary alicyclic amines) is 1. The summed E-state index contributed by atoms with van der Waals surface area (Å²) in [5.74, 6) is -0.250. The van der Waals surface area contributed by atoms with Crippen LogP contribution >= 0.6 is 0 Å². The van der Waals surface area contributed by atoms with Gasteiger partial charge in [-0.15, -0.1) is 0 Å². The van der Waals surface area contributed by atoms with Crippen LogP contribution in [0.2, 0.25) is 0 Å². The number of ether oxygens (including phenoxy) is 1. The maximum atomic E-state index is 14.0. The van der Waals surface area contributed by atoms with Gasteiger partial charge in [0.05, 0.1) is 12.3 Å². The van der Waals surface area contributed by atoms with Crippen molar-refractivity contribution in [2.45, 2.75) is 24.2 Å². The minimum Gasteiger partial charge on any atom is -0.494 e. The molecule has 3 N–H and O–H groups in total. The van der Waals surface area contributed by atoms with Gasteiger partial charge in [0.1, 0.15) is 29.5 Å². The molecule has 0 saturated carbocycles. The summed E-state index contributed by atoms with van der Waals surface area (Å²) in [6, 6.07) is 18.7. The quantitative estimate of drug-likeness (QED) is 0.188. The Morgan fingerprint density at radius 2 is 1.59 bits per heavy atom. The van der Waals surface area contributed by atoms with E-state index < -0.39 is 26.6 Å². The topological polar surface area (TPSA) is 134 Å². The Balaban J connectivity index is 0.00000141. The lowest BCUT2D eigenvalue weighted by Gasteiger charge is -2.28. The molecule has 4 aromatic rings. The minimum absolute atomic E-state index is 0.148. The normalized spacial score (nSPS) is 13.8. The lowest BCUT2D eigenvalue weighted by Crippen LogP contribution is -2.30. The smallest absolute Gasteiger partial charge is 0.290 e. The highest BCUT2D eigenvalue weighted by Crippen LogP contribution is 2.26. The van der Waals surface area contributed by atoms with Crippen LogP contribution in [0, 0.1) is 17.6 Å². The summed E-state index contributed by atoms with van der Waals surface area (Å²) in [6.07, 6.45) is 4.97. The first-order valence-electron chi connectivity index (χ1n) is 13.8. The first kappa shape index (κ1) is 32.3. The first-order chi connectivity index (χ1) is 21.2. The Bertz CT molecular complexity index is 1610. The van der Waals surface area contributed by atoms with Crippen molar-refractivity contribution < 1.29 is 31.8 Å². The molecule has 1 saturated heterocycles. The molecule has 1 fully saturated rings. The lowest BCUT2D eigenvalue weighted by molar-refractivity contribution is -0.122. The summed E-state index contributed by atoms with van der Waals surface area (Å²) >= 11 is 0. The van der Waals surface area contributed by atoms with Crippen molar-refractivity contribution in [2.75, 3.05) is 36.8 Å². The van der Waals surface area contributed by atoms with Gasteiger partial charge in [-0.1, -0.05) is 6.07 Å². The van der Waals surface area contributed by atoms with Gasteiger partial charge >= 0.3 is 0 Å². The van der Waals surface area contributed by atoms with E-state index in [0.717, 1.165) is 60.6 Å². The van der Waals surface area contributed by atoms with E-state index in [9.17, 15) is 17.2 Å². The number of carbonyl (C=O) groups is 1. The van der Waals surface area contributed by atoms with Gasteiger partial charge in [-0.2, -0.15) is 0 Å². The second kappa shape index (κ2) is 15.2. The molecule has 0 spiro atoms. The molecule has 2 heterocycles. The number of sulfonamides is 1. The molecule has 232 valence electrons. The van der Waals surface area contributed by atoms with E-state index in [1.807, 2.05) is 24.3 Å². The number of halogens is 2. The van der Waals surface area contributed by atoms with Crippen LogP contribution in [0.15, 0.2) is 84.0 Å². The fourth-order valence-electron chi connectivity index (χ4n) is 4.71. The van der Waals surface area contributed by atoms with Crippen molar-refractivity contribution in [3.8, 4) is 17.0 Å². The number of rotatable bonds is 10. The Labute approximate surface area is 254 Å². The fourth-order valence-corrected chi connectivity index (χ4v) is 5.91. The zero-order chi connectivity index (χ0) is 31.5. The molecule has 10 nitrogen and oxygen atoms in total. The largest absolute Gasteiger partial charge is 0.494 e. The Hall–Kier alpha value is -4.62. The number of hydrogen-bond donors (Lipinski definition) is 3. The molecule has 0 amide bonds. The van der Waals surface area contributed by atoms with Crippen LogP contribution in [-0.2, 0) is 14.8 Å². The van der Waals surface area contributed by atoms with E-state index in [2.05, 4.69) is 32.0 Å². The minimum atomic E-state index is -4.45. The van der Waals surface area contributed by atoms with Crippen molar-refractivity contribution in [1.82, 2.24) is 14.9 Å². The van der Waals surface area contributed by atoms with E-state index in [1.54, 1.807) is 18.2 Å². The summed E-state index contributed by atoms with van der Waals surface area (Å²) in [4.78, 5) is 18.3. The molecular formula is C31H33F2N5O5S. The molecule has 3 aromatic carbocycles. The third kappa shape index (κ3) is 8.94. The Kier molecular flexibility index (Phi) is 11.2. The predicted octanol–water partition coefficient (Wildman–Crippen LogP) is 5.78. The van der Waals surface area contributed by atoms with Crippen LogP contribution in [0.4, 0.5) is 26.0 Å². The lowest BCUT2D eigenvalue weighted by atomic mass is 9.94. The van der Waals surface area contributed by atoms with Gasteiger partial charge in [0.2, 0.25) is 0 Å². The average molecular weight is 626 g/mol. The van der Waals surface area contributed by atoms with Gasteiger partial charge in [-0.05, 0) is 106 Å². The third-order valence-corrected chi connectivity index (χ3v) is 8.48. The number of aromatic nitrogens is 2. The summed E-state index contributed by atoms with van der Waals surface area (Å²) in [5.41, 5.74) is 2.40. The molecule has 0 unspecified atom stereocenters. The van der Waals surface area contributed by atoms with Crippen LogP contribution in [0.25, 0.3) is 11.3 Å². The molecule has 0 bridgehead atoms. The van der Waals surface area contributed by atoms with Gasteiger partial charge in [0.25, 0.3) is 16.5 Å². The Morgan fingerprint density at radius 1 is 0.977 bits per heavy atom. The van der Waals surface area contributed by atoms with Crippen molar-refractivity contribution in [3.05, 3.63) is 90.8 Å². The van der Waals surface area contributed by atoms with E-state index in [4.69, 9.17) is 14.6 Å². The molecule has 5 rings (SSSR count). The van der Waals surface area contributed by atoms with Gasteiger partial charge < -0.3 is 20.1 Å². The standard InChI is InChI=1S/C30H31F2N5O3S.CH2O2/c1-37-16-13-21(14-17-37)15-18-40-25-11-5-22(6-12-25)28-19-29(34-20-33-28)35-23-7-9-24(10-8-23)36-41(38,39)30-26(31)3-2-4-27(30)32;2-1-3/h2-12,19-21,36H,13-18H2,1H3,(H,33,34,35);1H,(H,2,3). The molecule has 0 atom stereocenters.